The number of hydrogen-bond acceptors (Lipinski definition) is 4. The van der Waals surface area contributed by atoms with Crippen LogP contribution >= 0.6 is 0 Å². The van der Waals surface area contributed by atoms with Gasteiger partial charge in [-0.1, -0.05) is 19.3 Å². The quantitative estimate of drug-likeness (QED) is 0.834. The Hall–Kier alpha value is -1.85. The van der Waals surface area contributed by atoms with Crippen molar-refractivity contribution in [3.05, 3.63) is 17.3 Å². The number of carboxylic acid groups (broad SMARTS) is 1. The van der Waals surface area contributed by atoms with Crippen LogP contribution in [0.2, 0.25) is 0 Å². The number of aromatic nitrogens is 1. The second-order valence-corrected chi connectivity index (χ2v) is 6.40. The number of carbonyl (C=O) groups excluding carboxylic acids is 1. The van der Waals surface area contributed by atoms with Crippen molar-refractivity contribution in [2.75, 3.05) is 0 Å². The highest BCUT2D eigenvalue weighted by atomic mass is 16.4. The highest BCUT2D eigenvalue weighted by Crippen LogP contribution is 2.40. The van der Waals surface area contributed by atoms with Gasteiger partial charge in [-0.05, 0) is 32.6 Å². The molecule has 2 atom stereocenters. The first kappa shape index (κ1) is 15.1. The first-order chi connectivity index (χ1) is 10.6. The Morgan fingerprint density at radius 3 is 2.59 bits per heavy atom. The van der Waals surface area contributed by atoms with E-state index in [2.05, 4.69) is 10.3 Å². The molecular weight excluding hydrogens is 284 g/mol. The van der Waals surface area contributed by atoms with E-state index in [9.17, 15) is 14.7 Å². The molecule has 0 aliphatic heterocycles. The van der Waals surface area contributed by atoms with E-state index in [0.29, 0.717) is 30.3 Å². The van der Waals surface area contributed by atoms with Gasteiger partial charge in [0.1, 0.15) is 0 Å². The fourth-order valence-electron chi connectivity index (χ4n) is 3.14. The maximum atomic E-state index is 12.4. The SMILES string of the molecule is Cc1nc(C2CC2)oc1C(=O)N[C@H]1CCCCC[C@H]1C(=O)O. The van der Waals surface area contributed by atoms with E-state index in [0.717, 1.165) is 32.1 Å². The largest absolute Gasteiger partial charge is 0.481 e. The summed E-state index contributed by atoms with van der Waals surface area (Å²) in [5.41, 5.74) is 0.583. The van der Waals surface area contributed by atoms with Gasteiger partial charge in [0.25, 0.3) is 5.91 Å². The minimum Gasteiger partial charge on any atom is -0.481 e. The van der Waals surface area contributed by atoms with Gasteiger partial charge >= 0.3 is 5.97 Å². The molecule has 0 saturated heterocycles. The van der Waals surface area contributed by atoms with Crippen LogP contribution in [0.5, 0.6) is 0 Å². The zero-order valence-corrected chi connectivity index (χ0v) is 12.8. The van der Waals surface area contributed by atoms with Crippen LogP contribution in [-0.2, 0) is 4.79 Å². The van der Waals surface area contributed by atoms with Gasteiger partial charge in [-0.15, -0.1) is 0 Å². The van der Waals surface area contributed by atoms with Crippen molar-refractivity contribution in [2.24, 2.45) is 5.92 Å². The number of nitrogens with one attached hydrogen (secondary N) is 1. The fraction of sp³-hybridized carbons (Fsp3) is 0.688. The normalized spacial score (nSPS) is 25.5. The highest BCUT2D eigenvalue weighted by Gasteiger charge is 2.34. The minimum absolute atomic E-state index is 0.232. The molecule has 2 N–H and O–H groups in total. The Morgan fingerprint density at radius 1 is 1.18 bits per heavy atom. The number of carboxylic acids is 1. The van der Waals surface area contributed by atoms with Crippen molar-refractivity contribution in [3.63, 3.8) is 0 Å². The molecule has 1 aromatic heterocycles. The van der Waals surface area contributed by atoms with Crippen LogP contribution in [0.3, 0.4) is 0 Å². The molecule has 0 spiro atoms. The molecule has 0 radical (unpaired) electrons. The minimum atomic E-state index is -0.833. The van der Waals surface area contributed by atoms with Gasteiger partial charge in [-0.3, -0.25) is 9.59 Å². The lowest BCUT2D eigenvalue weighted by atomic mass is 9.95. The number of amides is 1. The van der Waals surface area contributed by atoms with E-state index >= 15 is 0 Å². The third kappa shape index (κ3) is 3.15. The predicted molar refractivity (Wildman–Crippen MR) is 78.7 cm³/mol. The molecule has 1 heterocycles. The Bertz CT molecular complexity index is 577. The van der Waals surface area contributed by atoms with Crippen molar-refractivity contribution >= 4 is 11.9 Å². The van der Waals surface area contributed by atoms with E-state index < -0.39 is 11.9 Å². The molecule has 1 aromatic rings. The third-order valence-corrected chi connectivity index (χ3v) is 4.60. The molecule has 120 valence electrons. The maximum Gasteiger partial charge on any atom is 0.308 e. The lowest BCUT2D eigenvalue weighted by molar-refractivity contribution is -0.142. The van der Waals surface area contributed by atoms with Crippen molar-refractivity contribution < 1.29 is 19.1 Å². The molecule has 1 amide bonds. The zero-order chi connectivity index (χ0) is 15.7. The second kappa shape index (κ2) is 6.10. The van der Waals surface area contributed by atoms with Gasteiger partial charge in [0.2, 0.25) is 5.76 Å². The molecule has 3 rings (SSSR count). The van der Waals surface area contributed by atoms with Crippen molar-refractivity contribution in [2.45, 2.75) is 63.8 Å². The van der Waals surface area contributed by atoms with Crippen LogP contribution in [0.15, 0.2) is 4.42 Å². The summed E-state index contributed by atoms with van der Waals surface area (Å²) in [6, 6.07) is -0.332. The van der Waals surface area contributed by atoms with Gasteiger partial charge in [0.15, 0.2) is 5.89 Å². The molecule has 2 saturated carbocycles. The summed E-state index contributed by atoms with van der Waals surface area (Å²) in [5, 5.41) is 12.2. The monoisotopic (exact) mass is 306 g/mol. The standard InChI is InChI=1S/C16H22N2O4/c1-9-13(22-15(17-9)10-7-8-10)14(19)18-12-6-4-2-3-5-11(12)16(20)21/h10-12H,2-8H2,1H3,(H,18,19)(H,20,21)/t11-,12+/m1/s1. The summed E-state index contributed by atoms with van der Waals surface area (Å²) in [7, 11) is 0. The third-order valence-electron chi connectivity index (χ3n) is 4.60. The number of carbonyl (C=O) groups is 2. The Kier molecular flexibility index (Phi) is 4.18. The summed E-state index contributed by atoms with van der Waals surface area (Å²) >= 11 is 0. The molecule has 6 heteroatoms. The van der Waals surface area contributed by atoms with E-state index in [1.807, 2.05) is 0 Å². The predicted octanol–water partition coefficient (Wildman–Crippen LogP) is 2.62. The molecule has 0 unspecified atom stereocenters. The van der Waals surface area contributed by atoms with Gasteiger partial charge < -0.3 is 14.8 Å². The first-order valence-electron chi connectivity index (χ1n) is 8.07. The van der Waals surface area contributed by atoms with Crippen LogP contribution in [0, 0.1) is 12.8 Å². The smallest absolute Gasteiger partial charge is 0.308 e. The summed E-state index contributed by atoms with van der Waals surface area (Å²) in [4.78, 5) is 28.2. The molecular formula is C16H22N2O4. The number of nitrogens with zero attached hydrogens (tertiary/aromatic N) is 1. The van der Waals surface area contributed by atoms with Crippen LogP contribution in [-0.4, -0.2) is 28.0 Å². The number of aryl methyl sites for hydroxylation is 1. The summed E-state index contributed by atoms with van der Waals surface area (Å²) in [6.45, 7) is 1.76. The molecule has 0 bridgehead atoms. The van der Waals surface area contributed by atoms with E-state index in [1.54, 1.807) is 6.92 Å². The number of oxazole rings is 1. The lowest BCUT2D eigenvalue weighted by Gasteiger charge is -2.22. The average molecular weight is 306 g/mol. The molecule has 6 nitrogen and oxygen atoms in total. The Labute approximate surface area is 129 Å². The Morgan fingerprint density at radius 2 is 1.91 bits per heavy atom. The van der Waals surface area contributed by atoms with Crippen LogP contribution in [0.25, 0.3) is 0 Å². The molecule has 2 fully saturated rings. The molecule has 2 aliphatic carbocycles. The maximum absolute atomic E-state index is 12.4. The number of hydrogen-bond donors (Lipinski definition) is 2. The van der Waals surface area contributed by atoms with Gasteiger partial charge in [-0.2, -0.15) is 0 Å². The van der Waals surface area contributed by atoms with E-state index in [4.69, 9.17) is 4.42 Å². The van der Waals surface area contributed by atoms with Gasteiger partial charge in [0.05, 0.1) is 11.6 Å². The van der Waals surface area contributed by atoms with E-state index in [1.165, 1.54) is 0 Å². The van der Waals surface area contributed by atoms with Crippen LogP contribution in [0.4, 0.5) is 0 Å². The van der Waals surface area contributed by atoms with Gasteiger partial charge in [0, 0.05) is 12.0 Å². The van der Waals surface area contributed by atoms with Crippen molar-refractivity contribution in [1.29, 1.82) is 0 Å². The molecule has 0 aromatic carbocycles. The first-order valence-corrected chi connectivity index (χ1v) is 8.07. The van der Waals surface area contributed by atoms with Crippen molar-refractivity contribution in [1.82, 2.24) is 10.3 Å². The second-order valence-electron chi connectivity index (χ2n) is 6.40. The summed E-state index contributed by atoms with van der Waals surface area (Å²) in [5.74, 6) is -0.466. The number of rotatable bonds is 4. The van der Waals surface area contributed by atoms with Crippen LogP contribution in [0.1, 0.15) is 73.0 Å². The van der Waals surface area contributed by atoms with Gasteiger partial charge in [-0.25, -0.2) is 4.98 Å². The number of aliphatic carboxylic acids is 1. The van der Waals surface area contributed by atoms with Crippen LogP contribution < -0.4 is 5.32 Å². The fourth-order valence-corrected chi connectivity index (χ4v) is 3.14. The summed E-state index contributed by atoms with van der Waals surface area (Å²) in [6.07, 6.45) is 6.29. The highest BCUT2D eigenvalue weighted by molar-refractivity contribution is 5.93. The van der Waals surface area contributed by atoms with E-state index in [-0.39, 0.29) is 17.7 Å². The zero-order valence-electron chi connectivity index (χ0n) is 12.8. The topological polar surface area (TPSA) is 92.4 Å². The Balaban J connectivity index is 1.72. The molecule has 2 aliphatic rings. The molecule has 22 heavy (non-hydrogen) atoms. The average Bonchev–Trinajstić information content (AvgIpc) is 3.26. The summed E-state index contributed by atoms with van der Waals surface area (Å²) < 4.78 is 5.60. The lowest BCUT2D eigenvalue weighted by Crippen LogP contribution is -2.42. The van der Waals surface area contributed by atoms with Crippen molar-refractivity contribution in [3.8, 4) is 0 Å².